The molecule has 0 unspecified atom stereocenters. The Hall–Kier alpha value is -2.87. The smallest absolute Gasteiger partial charge is 0.167 e. The minimum atomic E-state index is 0.193. The van der Waals surface area contributed by atoms with Crippen molar-refractivity contribution >= 4 is 0 Å². The Morgan fingerprint density at radius 3 is 2.96 bits per heavy atom. The van der Waals surface area contributed by atoms with Crippen molar-refractivity contribution in [3.05, 3.63) is 41.9 Å². The van der Waals surface area contributed by atoms with Crippen LogP contribution in [0.2, 0.25) is 0 Å². The molecule has 2 fully saturated rings. The zero-order chi connectivity index (χ0) is 18.6. The van der Waals surface area contributed by atoms with Crippen molar-refractivity contribution in [2.24, 2.45) is 5.92 Å². The summed E-state index contributed by atoms with van der Waals surface area (Å²) in [4.78, 5) is 0. The molecule has 1 aromatic carbocycles. The van der Waals surface area contributed by atoms with Crippen LogP contribution in [0.5, 0.6) is 11.5 Å². The molecule has 2 aromatic heterocycles. The minimum Gasteiger partial charge on any atom is -0.486 e. The van der Waals surface area contributed by atoms with Crippen LogP contribution in [0.4, 0.5) is 0 Å². The van der Waals surface area contributed by atoms with Crippen LogP contribution >= 0.6 is 0 Å². The Morgan fingerprint density at radius 2 is 2.11 bits per heavy atom. The summed E-state index contributed by atoms with van der Waals surface area (Å²) >= 11 is 0. The van der Waals surface area contributed by atoms with Crippen molar-refractivity contribution in [1.29, 1.82) is 0 Å². The maximum absolute atomic E-state index is 5.65. The van der Waals surface area contributed by atoms with Gasteiger partial charge in [0, 0.05) is 29.8 Å². The van der Waals surface area contributed by atoms with Gasteiger partial charge in [-0.15, -0.1) is 5.10 Å². The van der Waals surface area contributed by atoms with Gasteiger partial charge in [0.15, 0.2) is 17.3 Å². The van der Waals surface area contributed by atoms with Gasteiger partial charge < -0.3 is 19.3 Å². The van der Waals surface area contributed by atoms with Gasteiger partial charge in [0.05, 0.1) is 12.2 Å². The average molecular weight is 379 g/mol. The molecule has 1 N–H and O–H groups in total. The van der Waals surface area contributed by atoms with E-state index < -0.39 is 0 Å². The maximum Gasteiger partial charge on any atom is 0.167 e. The van der Waals surface area contributed by atoms with Gasteiger partial charge in [0.25, 0.3) is 0 Å². The molecule has 4 heterocycles. The molecular formula is C20H21N5O3. The fraction of sp³-hybridized carbons (Fsp3) is 0.450. The van der Waals surface area contributed by atoms with E-state index in [9.17, 15) is 0 Å². The minimum absolute atomic E-state index is 0.193. The zero-order valence-corrected chi connectivity index (χ0v) is 15.4. The molecule has 1 saturated heterocycles. The molecule has 6 rings (SSSR count). The first-order chi connectivity index (χ1) is 13.8. The zero-order valence-electron chi connectivity index (χ0n) is 15.4. The number of ether oxygens (including phenoxy) is 2. The lowest BCUT2D eigenvalue weighted by molar-refractivity contribution is 0.171. The van der Waals surface area contributed by atoms with Crippen molar-refractivity contribution < 1.29 is 14.0 Å². The molecule has 0 spiro atoms. The molecule has 3 aromatic rings. The summed E-state index contributed by atoms with van der Waals surface area (Å²) in [6.07, 6.45) is 4.54. The highest BCUT2D eigenvalue weighted by Crippen LogP contribution is 2.50. The predicted octanol–water partition coefficient (Wildman–Crippen LogP) is 2.00. The van der Waals surface area contributed by atoms with E-state index in [-0.39, 0.29) is 5.41 Å². The Bertz CT molecular complexity index is 1030. The number of nitrogens with zero attached hydrogens (tertiary/aromatic N) is 4. The molecule has 8 nitrogen and oxygen atoms in total. The average Bonchev–Trinajstić information content (AvgIpc) is 3.43. The highest BCUT2D eigenvalue weighted by Gasteiger charge is 2.52. The number of hydrogen-bond acceptors (Lipinski definition) is 7. The highest BCUT2D eigenvalue weighted by molar-refractivity contribution is 5.63. The lowest BCUT2D eigenvalue weighted by atomic mass is 9.60. The van der Waals surface area contributed by atoms with Gasteiger partial charge in [0.2, 0.25) is 0 Å². The summed E-state index contributed by atoms with van der Waals surface area (Å²) in [5, 5.41) is 16.5. The SMILES string of the molecule is c1cc2c(cc1-c1cc(Cn3cc([C@]45CC[C@H]4CNC5)nn3)no1)OCCO2. The fourth-order valence-corrected chi connectivity index (χ4v) is 4.61. The van der Waals surface area contributed by atoms with Crippen LogP contribution in [0, 0.1) is 5.92 Å². The highest BCUT2D eigenvalue weighted by atomic mass is 16.6. The van der Waals surface area contributed by atoms with Gasteiger partial charge in [-0.3, -0.25) is 0 Å². The summed E-state index contributed by atoms with van der Waals surface area (Å²) in [6, 6.07) is 7.72. The first kappa shape index (κ1) is 16.1. The number of hydrogen-bond donors (Lipinski definition) is 1. The first-order valence-corrected chi connectivity index (χ1v) is 9.77. The van der Waals surface area contributed by atoms with Gasteiger partial charge in [0.1, 0.15) is 18.9 Å². The largest absolute Gasteiger partial charge is 0.486 e. The third kappa shape index (κ3) is 2.44. The van der Waals surface area contributed by atoms with E-state index in [0.717, 1.165) is 41.5 Å². The van der Waals surface area contributed by atoms with E-state index in [4.69, 9.17) is 14.0 Å². The molecule has 0 amide bonds. The number of rotatable bonds is 4. The quantitative estimate of drug-likeness (QED) is 0.742. The van der Waals surface area contributed by atoms with Gasteiger partial charge in [-0.25, -0.2) is 4.68 Å². The van der Waals surface area contributed by atoms with Crippen LogP contribution in [-0.4, -0.2) is 46.5 Å². The first-order valence-electron chi connectivity index (χ1n) is 9.77. The maximum atomic E-state index is 5.65. The summed E-state index contributed by atoms with van der Waals surface area (Å²) in [5.41, 5.74) is 3.02. The summed E-state index contributed by atoms with van der Waals surface area (Å²) in [6.45, 7) is 3.78. The van der Waals surface area contributed by atoms with Crippen molar-refractivity contribution in [2.45, 2.75) is 24.8 Å². The van der Waals surface area contributed by atoms with Crippen molar-refractivity contribution in [3.8, 4) is 22.8 Å². The molecule has 1 saturated carbocycles. The topological polar surface area (TPSA) is 87.2 Å². The van der Waals surface area contributed by atoms with Gasteiger partial charge in [-0.2, -0.15) is 0 Å². The summed E-state index contributed by atoms with van der Waals surface area (Å²) < 4.78 is 18.6. The molecule has 144 valence electrons. The van der Waals surface area contributed by atoms with E-state index in [1.54, 1.807) is 0 Å². The van der Waals surface area contributed by atoms with Crippen LogP contribution in [0.1, 0.15) is 24.2 Å². The second-order valence-corrected chi connectivity index (χ2v) is 7.86. The summed E-state index contributed by atoms with van der Waals surface area (Å²) in [5.74, 6) is 2.90. The van der Waals surface area contributed by atoms with Crippen LogP contribution in [0.15, 0.2) is 35.0 Å². The molecule has 28 heavy (non-hydrogen) atoms. The van der Waals surface area contributed by atoms with Crippen molar-refractivity contribution in [2.75, 3.05) is 26.3 Å². The van der Waals surface area contributed by atoms with Gasteiger partial charge in [-0.1, -0.05) is 10.4 Å². The van der Waals surface area contributed by atoms with E-state index in [0.29, 0.717) is 31.4 Å². The Kier molecular flexibility index (Phi) is 3.49. The van der Waals surface area contributed by atoms with Gasteiger partial charge >= 0.3 is 0 Å². The second-order valence-electron chi connectivity index (χ2n) is 7.86. The molecule has 0 bridgehead atoms. The molecule has 3 aliphatic rings. The molecular weight excluding hydrogens is 358 g/mol. The molecule has 2 aliphatic heterocycles. The summed E-state index contributed by atoms with van der Waals surface area (Å²) in [7, 11) is 0. The molecule has 0 radical (unpaired) electrons. The predicted molar refractivity (Wildman–Crippen MR) is 99.3 cm³/mol. The van der Waals surface area contributed by atoms with Crippen molar-refractivity contribution in [3.63, 3.8) is 0 Å². The van der Waals surface area contributed by atoms with Crippen LogP contribution < -0.4 is 14.8 Å². The third-order valence-corrected chi connectivity index (χ3v) is 6.31. The van der Waals surface area contributed by atoms with Gasteiger partial charge in [-0.05, 0) is 43.5 Å². The monoisotopic (exact) mass is 379 g/mol. The Balaban J connectivity index is 1.21. The number of benzene rings is 1. The lowest BCUT2D eigenvalue weighted by Gasteiger charge is -2.42. The van der Waals surface area contributed by atoms with E-state index in [1.165, 1.54) is 12.8 Å². The van der Waals surface area contributed by atoms with Crippen molar-refractivity contribution in [1.82, 2.24) is 25.5 Å². The fourth-order valence-electron chi connectivity index (χ4n) is 4.61. The molecule has 1 aliphatic carbocycles. The third-order valence-electron chi connectivity index (χ3n) is 6.31. The number of fused-ring (bicyclic) bond motifs is 2. The number of aromatic nitrogens is 4. The van der Waals surface area contributed by atoms with Crippen LogP contribution in [0.3, 0.4) is 0 Å². The molecule has 2 atom stereocenters. The second kappa shape index (κ2) is 6.07. The Labute approximate surface area is 161 Å². The normalized spacial score (nSPS) is 25.4. The van der Waals surface area contributed by atoms with Crippen LogP contribution in [0.25, 0.3) is 11.3 Å². The standard InChI is InChI=1S/C20H21N5O3/c1-2-16-18(27-6-5-26-16)7-13(1)17-8-15(23-28-17)10-25-11-19(22-24-25)20-4-3-14(20)9-21-12-20/h1-2,7-8,11,14,21H,3-6,9-10,12H2/t14-,20-/m0/s1. The van der Waals surface area contributed by atoms with Crippen LogP contribution in [-0.2, 0) is 12.0 Å². The molecule has 8 heteroatoms. The lowest BCUT2D eigenvalue weighted by Crippen LogP contribution is -2.44. The van der Waals surface area contributed by atoms with E-state index >= 15 is 0 Å². The van der Waals surface area contributed by atoms with E-state index in [1.807, 2.05) is 28.9 Å². The number of nitrogens with one attached hydrogen (secondary N) is 1. The van der Waals surface area contributed by atoms with E-state index in [2.05, 4.69) is 27.0 Å². The Morgan fingerprint density at radius 1 is 1.18 bits per heavy atom.